The van der Waals surface area contributed by atoms with Crippen LogP contribution in [0.25, 0.3) is 11.4 Å². The Morgan fingerprint density at radius 3 is 2.71 bits per heavy atom. The Bertz CT molecular complexity index is 595. The van der Waals surface area contributed by atoms with Crippen LogP contribution in [0.15, 0.2) is 36.7 Å². The minimum Gasteiger partial charge on any atom is -0.387 e. The lowest BCUT2D eigenvalue weighted by Gasteiger charge is -2.23. The second kappa shape index (κ2) is 5.62. The number of aliphatic hydroxyl groups is 1. The fraction of sp³-hybridized carbons (Fsp3) is 0.471. The predicted molar refractivity (Wildman–Crippen MR) is 84.2 cm³/mol. The fourth-order valence-corrected chi connectivity index (χ4v) is 2.90. The highest BCUT2D eigenvalue weighted by atomic mass is 16.3. The van der Waals surface area contributed by atoms with Gasteiger partial charge in [0, 0.05) is 24.5 Å². The molecular formula is C17H23N3O. The van der Waals surface area contributed by atoms with E-state index in [2.05, 4.69) is 53.0 Å². The average Bonchev–Trinajstić information content (AvgIpc) is 3.08. The fourth-order valence-electron chi connectivity index (χ4n) is 2.90. The zero-order valence-corrected chi connectivity index (χ0v) is 12.7. The standard InChI is InChI=1S/C17H23N3O/c1-13(2)14-3-5-15(6-4-14)16-19-9-10-20(16)12-17(21)7-8-18-11-17/h3-6,9-10,13,18,21H,7-8,11-12H2,1-2H3. The average molecular weight is 285 g/mol. The molecule has 1 unspecified atom stereocenters. The maximum atomic E-state index is 10.5. The molecule has 0 bridgehead atoms. The van der Waals surface area contributed by atoms with Crippen molar-refractivity contribution in [2.75, 3.05) is 13.1 Å². The highest BCUT2D eigenvalue weighted by molar-refractivity contribution is 5.56. The maximum Gasteiger partial charge on any atom is 0.139 e. The van der Waals surface area contributed by atoms with Gasteiger partial charge in [0.05, 0.1) is 12.1 Å². The number of imidazole rings is 1. The van der Waals surface area contributed by atoms with Gasteiger partial charge >= 0.3 is 0 Å². The first-order valence-corrected chi connectivity index (χ1v) is 7.62. The third kappa shape index (κ3) is 3.01. The van der Waals surface area contributed by atoms with Crippen LogP contribution >= 0.6 is 0 Å². The molecule has 2 heterocycles. The van der Waals surface area contributed by atoms with Gasteiger partial charge in [-0.3, -0.25) is 0 Å². The summed E-state index contributed by atoms with van der Waals surface area (Å²) in [5, 5.41) is 13.8. The molecule has 1 saturated heterocycles. The molecule has 0 aliphatic carbocycles. The number of β-amino-alcohol motifs (C(OH)–C–C–N with tert-alkyl or cyclic N) is 1. The molecule has 1 aromatic carbocycles. The number of rotatable bonds is 4. The van der Waals surface area contributed by atoms with Crippen LogP contribution in [0.1, 0.15) is 31.7 Å². The number of hydrogen-bond donors (Lipinski definition) is 2. The van der Waals surface area contributed by atoms with E-state index in [1.54, 1.807) is 6.20 Å². The predicted octanol–water partition coefficient (Wildman–Crippen LogP) is 2.40. The molecule has 1 fully saturated rings. The summed E-state index contributed by atoms with van der Waals surface area (Å²) in [6.45, 7) is 6.50. The van der Waals surface area contributed by atoms with Crippen molar-refractivity contribution in [2.45, 2.75) is 38.3 Å². The summed E-state index contributed by atoms with van der Waals surface area (Å²) in [5.74, 6) is 1.45. The molecule has 0 radical (unpaired) electrons. The molecular weight excluding hydrogens is 262 g/mol. The number of aromatic nitrogens is 2. The van der Waals surface area contributed by atoms with Crippen LogP contribution < -0.4 is 5.32 Å². The van der Waals surface area contributed by atoms with E-state index in [0.717, 1.165) is 24.4 Å². The molecule has 112 valence electrons. The van der Waals surface area contributed by atoms with Crippen molar-refractivity contribution in [2.24, 2.45) is 0 Å². The minimum absolute atomic E-state index is 0.532. The molecule has 1 aliphatic rings. The Labute approximate surface area is 125 Å². The van der Waals surface area contributed by atoms with Crippen LogP contribution in [-0.4, -0.2) is 33.3 Å². The van der Waals surface area contributed by atoms with E-state index in [1.165, 1.54) is 5.56 Å². The van der Waals surface area contributed by atoms with Crippen molar-refractivity contribution in [3.05, 3.63) is 42.2 Å². The van der Waals surface area contributed by atoms with E-state index in [0.29, 0.717) is 19.0 Å². The van der Waals surface area contributed by atoms with E-state index < -0.39 is 5.60 Å². The first kappa shape index (κ1) is 14.3. The molecule has 3 rings (SSSR count). The van der Waals surface area contributed by atoms with Gasteiger partial charge in [0.15, 0.2) is 0 Å². The molecule has 0 spiro atoms. The summed E-state index contributed by atoms with van der Waals surface area (Å²) < 4.78 is 2.05. The Kier molecular flexibility index (Phi) is 3.83. The van der Waals surface area contributed by atoms with Gasteiger partial charge in [0.25, 0.3) is 0 Å². The Morgan fingerprint density at radius 2 is 2.10 bits per heavy atom. The Hall–Kier alpha value is -1.65. The Morgan fingerprint density at radius 1 is 1.33 bits per heavy atom. The van der Waals surface area contributed by atoms with Crippen LogP contribution in [0.2, 0.25) is 0 Å². The molecule has 21 heavy (non-hydrogen) atoms. The summed E-state index contributed by atoms with van der Waals surface area (Å²) in [6, 6.07) is 8.55. The lowest BCUT2D eigenvalue weighted by molar-refractivity contribution is 0.0436. The zero-order valence-electron chi connectivity index (χ0n) is 12.7. The number of nitrogens with zero attached hydrogens (tertiary/aromatic N) is 2. The highest BCUT2D eigenvalue weighted by Gasteiger charge is 2.32. The van der Waals surface area contributed by atoms with Gasteiger partial charge in [-0.2, -0.15) is 0 Å². The smallest absolute Gasteiger partial charge is 0.139 e. The van der Waals surface area contributed by atoms with Crippen LogP contribution in [0.3, 0.4) is 0 Å². The summed E-state index contributed by atoms with van der Waals surface area (Å²) in [7, 11) is 0. The van der Waals surface area contributed by atoms with E-state index in [4.69, 9.17) is 0 Å². The highest BCUT2D eigenvalue weighted by Crippen LogP contribution is 2.24. The van der Waals surface area contributed by atoms with Gasteiger partial charge in [0.2, 0.25) is 0 Å². The maximum absolute atomic E-state index is 10.5. The molecule has 1 aromatic heterocycles. The van der Waals surface area contributed by atoms with E-state index in [9.17, 15) is 5.11 Å². The molecule has 0 amide bonds. The summed E-state index contributed by atoms with van der Waals surface area (Å²) in [6.07, 6.45) is 4.54. The van der Waals surface area contributed by atoms with Crippen LogP contribution in [0.5, 0.6) is 0 Å². The number of nitrogens with one attached hydrogen (secondary N) is 1. The van der Waals surface area contributed by atoms with Crippen molar-refractivity contribution >= 4 is 0 Å². The van der Waals surface area contributed by atoms with Gasteiger partial charge in [-0.1, -0.05) is 38.1 Å². The normalized spacial score (nSPS) is 22.1. The SMILES string of the molecule is CC(C)c1ccc(-c2nccn2CC2(O)CCNC2)cc1. The Balaban J connectivity index is 1.84. The largest absolute Gasteiger partial charge is 0.387 e. The first-order chi connectivity index (χ1) is 10.1. The van der Waals surface area contributed by atoms with Crippen molar-refractivity contribution in [3.63, 3.8) is 0 Å². The molecule has 1 aliphatic heterocycles. The van der Waals surface area contributed by atoms with Crippen molar-refractivity contribution in [1.29, 1.82) is 0 Å². The molecule has 2 aromatic rings. The van der Waals surface area contributed by atoms with Gasteiger partial charge < -0.3 is 15.0 Å². The van der Waals surface area contributed by atoms with Crippen molar-refractivity contribution in [3.8, 4) is 11.4 Å². The van der Waals surface area contributed by atoms with Crippen molar-refractivity contribution < 1.29 is 5.11 Å². The second-order valence-electron chi connectivity index (χ2n) is 6.31. The van der Waals surface area contributed by atoms with Crippen LogP contribution in [0, 0.1) is 0 Å². The van der Waals surface area contributed by atoms with Crippen molar-refractivity contribution in [1.82, 2.24) is 14.9 Å². The molecule has 1 atom stereocenters. The molecule has 4 heteroatoms. The summed E-state index contributed by atoms with van der Waals surface area (Å²) >= 11 is 0. The second-order valence-corrected chi connectivity index (χ2v) is 6.31. The van der Waals surface area contributed by atoms with Gasteiger partial charge in [0.1, 0.15) is 5.82 Å². The topological polar surface area (TPSA) is 50.1 Å². The first-order valence-electron chi connectivity index (χ1n) is 7.62. The molecule has 0 saturated carbocycles. The number of hydrogen-bond acceptors (Lipinski definition) is 3. The summed E-state index contributed by atoms with van der Waals surface area (Å²) in [4.78, 5) is 4.47. The van der Waals surface area contributed by atoms with Gasteiger partial charge in [-0.25, -0.2) is 4.98 Å². The van der Waals surface area contributed by atoms with E-state index in [1.807, 2.05) is 6.20 Å². The molecule has 2 N–H and O–H groups in total. The quantitative estimate of drug-likeness (QED) is 0.907. The third-order valence-electron chi connectivity index (χ3n) is 4.24. The van der Waals surface area contributed by atoms with E-state index in [-0.39, 0.29) is 0 Å². The summed E-state index contributed by atoms with van der Waals surface area (Å²) in [5.41, 5.74) is 1.77. The van der Waals surface area contributed by atoms with E-state index >= 15 is 0 Å². The lowest BCUT2D eigenvalue weighted by Crippen LogP contribution is -2.36. The van der Waals surface area contributed by atoms with Crippen LogP contribution in [0.4, 0.5) is 0 Å². The van der Waals surface area contributed by atoms with Gasteiger partial charge in [-0.15, -0.1) is 0 Å². The number of benzene rings is 1. The van der Waals surface area contributed by atoms with Crippen LogP contribution in [-0.2, 0) is 6.54 Å². The minimum atomic E-state index is -0.659. The third-order valence-corrected chi connectivity index (χ3v) is 4.24. The molecule has 4 nitrogen and oxygen atoms in total. The lowest BCUT2D eigenvalue weighted by atomic mass is 10.0. The zero-order chi connectivity index (χ0) is 14.9. The van der Waals surface area contributed by atoms with Gasteiger partial charge in [-0.05, 0) is 24.4 Å². The monoisotopic (exact) mass is 285 g/mol.